The molecule has 0 bridgehead atoms. The van der Waals surface area contributed by atoms with E-state index in [1.807, 2.05) is 37.3 Å². The van der Waals surface area contributed by atoms with Gasteiger partial charge in [-0.05, 0) is 62.1 Å². The second-order valence-corrected chi connectivity index (χ2v) is 8.81. The van der Waals surface area contributed by atoms with E-state index < -0.39 is 0 Å². The average Bonchev–Trinajstić information content (AvgIpc) is 3.41. The van der Waals surface area contributed by atoms with Crippen LogP contribution in [0.5, 0.6) is 5.75 Å². The average molecular weight is 424 g/mol. The van der Waals surface area contributed by atoms with E-state index in [1.54, 1.807) is 0 Å². The van der Waals surface area contributed by atoms with Gasteiger partial charge in [-0.3, -0.25) is 4.79 Å². The molecule has 30 heavy (non-hydrogen) atoms. The minimum atomic E-state index is 0.172. The van der Waals surface area contributed by atoms with Crippen molar-refractivity contribution in [3.05, 3.63) is 58.9 Å². The van der Waals surface area contributed by atoms with E-state index >= 15 is 0 Å². The summed E-state index contributed by atoms with van der Waals surface area (Å²) in [5, 5.41) is 0.753. The first-order valence-electron chi connectivity index (χ1n) is 10.7. The van der Waals surface area contributed by atoms with Crippen molar-refractivity contribution >= 4 is 28.5 Å². The second-order valence-electron chi connectivity index (χ2n) is 8.40. The molecule has 1 saturated heterocycles. The number of aryl methyl sites for hydroxylation is 2. The van der Waals surface area contributed by atoms with E-state index in [9.17, 15) is 4.79 Å². The smallest absolute Gasteiger partial charge is 0.223 e. The van der Waals surface area contributed by atoms with E-state index in [-0.39, 0.29) is 11.8 Å². The number of rotatable bonds is 7. The monoisotopic (exact) mass is 423 g/mol. The maximum Gasteiger partial charge on any atom is 0.223 e. The van der Waals surface area contributed by atoms with Gasteiger partial charge in [0, 0.05) is 36.5 Å². The van der Waals surface area contributed by atoms with Crippen molar-refractivity contribution in [2.45, 2.75) is 51.1 Å². The van der Waals surface area contributed by atoms with Gasteiger partial charge in [0.1, 0.15) is 11.6 Å². The molecule has 2 aliphatic rings. The lowest BCUT2D eigenvalue weighted by atomic mass is 10.1. The molecule has 3 aromatic rings. The van der Waals surface area contributed by atoms with E-state index in [4.69, 9.17) is 21.3 Å². The van der Waals surface area contributed by atoms with Gasteiger partial charge < -0.3 is 14.2 Å². The Morgan fingerprint density at radius 1 is 1.20 bits per heavy atom. The number of nitrogens with zero attached hydrogens (tertiary/aromatic N) is 3. The topological polar surface area (TPSA) is 47.4 Å². The van der Waals surface area contributed by atoms with Gasteiger partial charge in [0.25, 0.3) is 0 Å². The standard InChI is InChI=1S/C24H26ClN3O2/c1-16-13-19(9-10-20(16)25)30-12-4-11-27-22-6-3-2-5-21(22)26-24(27)17-14-23(29)28(15-17)18-7-8-18/h2-3,5-6,9-10,13,17-18H,4,7-8,11-12,14-15H2,1H3. The summed E-state index contributed by atoms with van der Waals surface area (Å²) in [7, 11) is 0. The summed E-state index contributed by atoms with van der Waals surface area (Å²) < 4.78 is 8.23. The highest BCUT2D eigenvalue weighted by molar-refractivity contribution is 6.31. The van der Waals surface area contributed by atoms with Crippen LogP contribution in [-0.4, -0.2) is 39.6 Å². The molecule has 156 valence electrons. The summed E-state index contributed by atoms with van der Waals surface area (Å²) >= 11 is 6.10. The molecule has 0 radical (unpaired) electrons. The van der Waals surface area contributed by atoms with Crippen LogP contribution >= 0.6 is 11.6 Å². The number of benzene rings is 2. The summed E-state index contributed by atoms with van der Waals surface area (Å²) in [5.41, 5.74) is 3.15. The number of amides is 1. The number of para-hydroxylation sites is 2. The van der Waals surface area contributed by atoms with Crippen LogP contribution in [0.4, 0.5) is 0 Å². The minimum absolute atomic E-state index is 0.172. The third-order valence-corrected chi connectivity index (χ3v) is 6.54. The number of fused-ring (bicyclic) bond motifs is 1. The van der Waals surface area contributed by atoms with Crippen molar-refractivity contribution in [2.75, 3.05) is 13.2 Å². The Hall–Kier alpha value is -2.53. The molecule has 1 amide bonds. The summed E-state index contributed by atoms with van der Waals surface area (Å²) in [6, 6.07) is 14.5. The zero-order chi connectivity index (χ0) is 20.7. The number of halogens is 1. The van der Waals surface area contributed by atoms with Crippen LogP contribution in [0.25, 0.3) is 11.0 Å². The van der Waals surface area contributed by atoms with E-state index in [2.05, 4.69) is 21.6 Å². The number of aromatic nitrogens is 2. The Labute approximate surface area is 181 Å². The highest BCUT2D eigenvalue weighted by atomic mass is 35.5. The van der Waals surface area contributed by atoms with Crippen LogP contribution in [0.1, 0.15) is 43.0 Å². The number of hydrogen-bond acceptors (Lipinski definition) is 3. The molecule has 1 atom stereocenters. The summed E-state index contributed by atoms with van der Waals surface area (Å²) in [6.07, 6.45) is 3.73. The maximum absolute atomic E-state index is 12.5. The fourth-order valence-corrected chi connectivity index (χ4v) is 4.52. The summed E-state index contributed by atoms with van der Waals surface area (Å²) in [5.74, 6) is 2.33. The first-order chi connectivity index (χ1) is 14.6. The third kappa shape index (κ3) is 3.79. The van der Waals surface area contributed by atoms with Crippen LogP contribution in [0.2, 0.25) is 5.02 Å². The predicted octanol–water partition coefficient (Wildman–Crippen LogP) is 4.95. The van der Waals surface area contributed by atoms with Crippen molar-refractivity contribution in [3.8, 4) is 5.75 Å². The van der Waals surface area contributed by atoms with Gasteiger partial charge in [0.15, 0.2) is 0 Å². The maximum atomic E-state index is 12.5. The van der Waals surface area contributed by atoms with Crippen molar-refractivity contribution in [1.82, 2.24) is 14.5 Å². The Kier molecular flexibility index (Phi) is 5.15. The quantitative estimate of drug-likeness (QED) is 0.505. The van der Waals surface area contributed by atoms with E-state index in [0.29, 0.717) is 19.1 Å². The molecule has 2 fully saturated rings. The molecule has 1 aromatic heterocycles. The zero-order valence-electron chi connectivity index (χ0n) is 17.2. The van der Waals surface area contributed by atoms with Gasteiger partial charge in [-0.25, -0.2) is 4.98 Å². The van der Waals surface area contributed by atoms with Crippen LogP contribution in [0.3, 0.4) is 0 Å². The number of hydrogen-bond donors (Lipinski definition) is 0. The first-order valence-corrected chi connectivity index (χ1v) is 11.1. The third-order valence-electron chi connectivity index (χ3n) is 6.12. The Bertz CT molecular complexity index is 1090. The molecular formula is C24H26ClN3O2. The summed E-state index contributed by atoms with van der Waals surface area (Å²) in [4.78, 5) is 19.5. The SMILES string of the molecule is Cc1cc(OCCCn2c(C3CC(=O)N(C4CC4)C3)nc3ccccc32)ccc1Cl. The van der Waals surface area contributed by atoms with Crippen LogP contribution < -0.4 is 4.74 Å². The van der Waals surface area contributed by atoms with Crippen molar-refractivity contribution < 1.29 is 9.53 Å². The van der Waals surface area contributed by atoms with Gasteiger partial charge in [-0.1, -0.05) is 23.7 Å². The molecule has 0 N–H and O–H groups in total. The second kappa shape index (κ2) is 7.95. The molecule has 1 aliphatic heterocycles. The molecule has 5 rings (SSSR count). The first kappa shape index (κ1) is 19.4. The highest BCUT2D eigenvalue weighted by Gasteiger charge is 2.41. The molecule has 6 heteroatoms. The fourth-order valence-electron chi connectivity index (χ4n) is 4.40. The fraction of sp³-hybridized carbons (Fsp3) is 0.417. The number of likely N-dealkylation sites (tertiary alicyclic amines) is 1. The normalized spacial score (nSPS) is 19.1. The van der Waals surface area contributed by atoms with Crippen molar-refractivity contribution in [3.63, 3.8) is 0 Å². The van der Waals surface area contributed by atoms with Crippen LogP contribution in [0.15, 0.2) is 42.5 Å². The Balaban J connectivity index is 1.31. The van der Waals surface area contributed by atoms with Crippen molar-refractivity contribution in [1.29, 1.82) is 0 Å². The number of imidazole rings is 1. The number of carbonyl (C=O) groups excluding carboxylic acids is 1. The molecular weight excluding hydrogens is 398 g/mol. The Morgan fingerprint density at radius 2 is 2.03 bits per heavy atom. The molecule has 2 heterocycles. The van der Waals surface area contributed by atoms with E-state index in [1.165, 1.54) is 0 Å². The summed E-state index contributed by atoms with van der Waals surface area (Å²) in [6.45, 7) is 4.21. The predicted molar refractivity (Wildman–Crippen MR) is 118 cm³/mol. The minimum Gasteiger partial charge on any atom is -0.494 e. The Morgan fingerprint density at radius 3 is 2.83 bits per heavy atom. The van der Waals surface area contributed by atoms with Crippen LogP contribution in [-0.2, 0) is 11.3 Å². The van der Waals surface area contributed by atoms with Gasteiger partial charge >= 0.3 is 0 Å². The van der Waals surface area contributed by atoms with Crippen molar-refractivity contribution in [2.24, 2.45) is 0 Å². The number of ether oxygens (including phenoxy) is 1. The lowest BCUT2D eigenvalue weighted by molar-refractivity contribution is -0.128. The molecule has 2 aromatic carbocycles. The van der Waals surface area contributed by atoms with Gasteiger partial charge in [0.2, 0.25) is 5.91 Å². The molecule has 5 nitrogen and oxygen atoms in total. The lowest BCUT2D eigenvalue weighted by Crippen LogP contribution is -2.27. The van der Waals surface area contributed by atoms with E-state index in [0.717, 1.165) is 65.5 Å². The lowest BCUT2D eigenvalue weighted by Gasteiger charge is -2.16. The van der Waals surface area contributed by atoms with Gasteiger partial charge in [0.05, 0.1) is 17.6 Å². The number of carbonyl (C=O) groups is 1. The van der Waals surface area contributed by atoms with Gasteiger partial charge in [-0.15, -0.1) is 0 Å². The molecule has 0 spiro atoms. The van der Waals surface area contributed by atoms with Gasteiger partial charge in [-0.2, -0.15) is 0 Å². The molecule has 1 aliphatic carbocycles. The molecule has 1 saturated carbocycles. The largest absolute Gasteiger partial charge is 0.494 e. The zero-order valence-corrected chi connectivity index (χ0v) is 17.9. The molecule has 1 unspecified atom stereocenters. The highest BCUT2D eigenvalue weighted by Crippen LogP contribution is 2.37. The van der Waals surface area contributed by atoms with Crippen LogP contribution in [0, 0.1) is 6.92 Å².